The van der Waals surface area contributed by atoms with Gasteiger partial charge < -0.3 is 10.5 Å². The van der Waals surface area contributed by atoms with Crippen molar-refractivity contribution in [3.63, 3.8) is 0 Å². The molecule has 0 spiro atoms. The molecule has 2 rings (SSSR count). The van der Waals surface area contributed by atoms with Gasteiger partial charge in [0.05, 0.1) is 6.61 Å². The van der Waals surface area contributed by atoms with Crippen molar-refractivity contribution in [3.8, 4) is 5.75 Å². The van der Waals surface area contributed by atoms with Gasteiger partial charge in [0.1, 0.15) is 5.75 Å². The summed E-state index contributed by atoms with van der Waals surface area (Å²) in [6.07, 6.45) is 0.907. The Bertz CT molecular complexity index is 497. The molecular weight excluding hydrogens is 266 g/mol. The summed E-state index contributed by atoms with van der Waals surface area (Å²) in [6, 6.07) is 7.61. The number of benzene rings is 1. The Morgan fingerprint density at radius 2 is 2.22 bits per heavy atom. The Hall–Kier alpha value is -1.03. The van der Waals surface area contributed by atoms with E-state index in [1.807, 2.05) is 25.1 Å². The predicted octanol–water partition coefficient (Wildman–Crippen LogP) is 4.04. The average Bonchev–Trinajstić information content (AvgIpc) is 2.84. The van der Waals surface area contributed by atoms with E-state index in [2.05, 4.69) is 16.8 Å². The van der Waals surface area contributed by atoms with Crippen molar-refractivity contribution in [1.29, 1.82) is 0 Å². The third-order valence-electron chi connectivity index (χ3n) is 2.69. The molecule has 0 aliphatic heterocycles. The number of halogens is 1. The lowest BCUT2D eigenvalue weighted by Gasteiger charge is -2.14. The van der Waals surface area contributed by atoms with E-state index in [-0.39, 0.29) is 6.04 Å². The van der Waals surface area contributed by atoms with Gasteiger partial charge in [0, 0.05) is 23.0 Å². The highest BCUT2D eigenvalue weighted by molar-refractivity contribution is 7.07. The van der Waals surface area contributed by atoms with Crippen LogP contribution in [0.5, 0.6) is 5.75 Å². The maximum absolute atomic E-state index is 5.97. The van der Waals surface area contributed by atoms with E-state index in [1.54, 1.807) is 11.3 Å². The first-order valence-electron chi connectivity index (χ1n) is 5.85. The minimum atomic E-state index is -0.0835. The third-order valence-corrected chi connectivity index (χ3v) is 3.66. The standard InChI is InChI=1S/C14H16ClNOS/c1-10(16)13-8-12(15)2-3-14(13)17-6-4-11-5-7-18-9-11/h2-3,5,7-10H,4,6,16H2,1H3/t10-/m0/s1. The molecule has 2 N–H and O–H groups in total. The summed E-state index contributed by atoms with van der Waals surface area (Å²) in [6.45, 7) is 2.58. The van der Waals surface area contributed by atoms with Crippen LogP contribution in [0.15, 0.2) is 35.0 Å². The van der Waals surface area contributed by atoms with Gasteiger partial charge in [-0.05, 0) is 47.5 Å². The van der Waals surface area contributed by atoms with Crippen LogP contribution < -0.4 is 10.5 Å². The van der Waals surface area contributed by atoms with Gasteiger partial charge >= 0.3 is 0 Å². The number of hydrogen-bond acceptors (Lipinski definition) is 3. The van der Waals surface area contributed by atoms with E-state index in [9.17, 15) is 0 Å². The summed E-state index contributed by atoms with van der Waals surface area (Å²) in [5, 5.41) is 4.90. The summed E-state index contributed by atoms with van der Waals surface area (Å²) in [7, 11) is 0. The van der Waals surface area contributed by atoms with Gasteiger partial charge in [-0.3, -0.25) is 0 Å². The number of hydrogen-bond donors (Lipinski definition) is 1. The smallest absolute Gasteiger partial charge is 0.124 e. The molecule has 0 saturated carbocycles. The second kappa shape index (κ2) is 6.23. The molecule has 0 amide bonds. The SMILES string of the molecule is C[C@H](N)c1cc(Cl)ccc1OCCc1ccsc1. The zero-order chi connectivity index (χ0) is 13.0. The number of ether oxygens (including phenoxy) is 1. The summed E-state index contributed by atoms with van der Waals surface area (Å²) in [5.41, 5.74) is 8.17. The Balaban J connectivity index is 2.00. The van der Waals surface area contributed by atoms with Crippen LogP contribution in [0.4, 0.5) is 0 Å². The van der Waals surface area contributed by atoms with Crippen LogP contribution in [-0.2, 0) is 6.42 Å². The van der Waals surface area contributed by atoms with E-state index < -0.39 is 0 Å². The third kappa shape index (κ3) is 3.48. The minimum Gasteiger partial charge on any atom is -0.493 e. The van der Waals surface area contributed by atoms with E-state index in [0.29, 0.717) is 11.6 Å². The second-order valence-corrected chi connectivity index (χ2v) is 5.42. The molecule has 2 aromatic rings. The molecule has 18 heavy (non-hydrogen) atoms. The topological polar surface area (TPSA) is 35.2 Å². The van der Waals surface area contributed by atoms with E-state index >= 15 is 0 Å². The molecular formula is C14H16ClNOS. The van der Waals surface area contributed by atoms with Gasteiger partial charge in [-0.15, -0.1) is 0 Å². The Labute approximate surface area is 116 Å². The lowest BCUT2D eigenvalue weighted by atomic mass is 10.1. The van der Waals surface area contributed by atoms with Crippen molar-refractivity contribution in [2.24, 2.45) is 5.73 Å². The lowest BCUT2D eigenvalue weighted by Crippen LogP contribution is -2.09. The Kier molecular flexibility index (Phi) is 4.64. The average molecular weight is 282 g/mol. The van der Waals surface area contributed by atoms with Gasteiger partial charge in [-0.25, -0.2) is 0 Å². The number of nitrogens with two attached hydrogens (primary N) is 1. The Morgan fingerprint density at radius 3 is 2.89 bits per heavy atom. The lowest BCUT2D eigenvalue weighted by molar-refractivity contribution is 0.317. The van der Waals surface area contributed by atoms with Gasteiger partial charge in [-0.2, -0.15) is 11.3 Å². The predicted molar refractivity (Wildman–Crippen MR) is 77.6 cm³/mol. The van der Waals surface area contributed by atoms with Crippen molar-refractivity contribution >= 4 is 22.9 Å². The second-order valence-electron chi connectivity index (χ2n) is 4.20. The summed E-state index contributed by atoms with van der Waals surface area (Å²) in [5.74, 6) is 0.824. The molecule has 0 unspecified atom stereocenters. The molecule has 0 fully saturated rings. The van der Waals surface area contributed by atoms with Crippen LogP contribution in [0.2, 0.25) is 5.02 Å². The Morgan fingerprint density at radius 1 is 1.39 bits per heavy atom. The van der Waals surface area contributed by atoms with Crippen LogP contribution in [-0.4, -0.2) is 6.61 Å². The van der Waals surface area contributed by atoms with Crippen LogP contribution in [0.1, 0.15) is 24.1 Å². The molecule has 1 heterocycles. The highest BCUT2D eigenvalue weighted by Crippen LogP contribution is 2.27. The number of rotatable bonds is 5. The first kappa shape index (κ1) is 13.4. The highest BCUT2D eigenvalue weighted by atomic mass is 35.5. The van der Waals surface area contributed by atoms with Crippen LogP contribution in [0, 0.1) is 0 Å². The molecule has 1 atom stereocenters. The summed E-state index contributed by atoms with van der Waals surface area (Å²) >= 11 is 7.67. The van der Waals surface area contributed by atoms with Crippen LogP contribution in [0.25, 0.3) is 0 Å². The van der Waals surface area contributed by atoms with E-state index in [0.717, 1.165) is 17.7 Å². The molecule has 0 aliphatic rings. The van der Waals surface area contributed by atoms with E-state index in [4.69, 9.17) is 22.1 Å². The maximum atomic E-state index is 5.97. The van der Waals surface area contributed by atoms with E-state index in [1.165, 1.54) is 5.56 Å². The number of thiophene rings is 1. The van der Waals surface area contributed by atoms with Crippen LogP contribution >= 0.6 is 22.9 Å². The zero-order valence-corrected chi connectivity index (χ0v) is 11.8. The zero-order valence-electron chi connectivity index (χ0n) is 10.2. The molecule has 0 bridgehead atoms. The van der Waals surface area contributed by atoms with Gasteiger partial charge in [0.25, 0.3) is 0 Å². The summed E-state index contributed by atoms with van der Waals surface area (Å²) in [4.78, 5) is 0. The first-order chi connectivity index (χ1) is 8.66. The fraction of sp³-hybridized carbons (Fsp3) is 0.286. The first-order valence-corrected chi connectivity index (χ1v) is 7.18. The van der Waals surface area contributed by atoms with Gasteiger partial charge in [0.15, 0.2) is 0 Å². The molecule has 1 aromatic heterocycles. The molecule has 0 radical (unpaired) electrons. The normalized spacial score (nSPS) is 12.4. The van der Waals surface area contributed by atoms with Gasteiger partial charge in [-0.1, -0.05) is 11.6 Å². The van der Waals surface area contributed by atoms with Crippen molar-refractivity contribution in [2.45, 2.75) is 19.4 Å². The fourth-order valence-electron chi connectivity index (χ4n) is 1.72. The molecule has 0 saturated heterocycles. The largest absolute Gasteiger partial charge is 0.493 e. The van der Waals surface area contributed by atoms with Crippen molar-refractivity contribution in [3.05, 3.63) is 51.2 Å². The molecule has 2 nitrogen and oxygen atoms in total. The summed E-state index contributed by atoms with van der Waals surface area (Å²) < 4.78 is 5.79. The molecule has 96 valence electrons. The molecule has 0 aliphatic carbocycles. The van der Waals surface area contributed by atoms with Crippen molar-refractivity contribution in [2.75, 3.05) is 6.61 Å². The molecule has 1 aromatic carbocycles. The quantitative estimate of drug-likeness (QED) is 0.898. The van der Waals surface area contributed by atoms with Crippen molar-refractivity contribution in [1.82, 2.24) is 0 Å². The van der Waals surface area contributed by atoms with Gasteiger partial charge in [0.2, 0.25) is 0 Å². The monoisotopic (exact) mass is 281 g/mol. The highest BCUT2D eigenvalue weighted by Gasteiger charge is 2.09. The molecule has 4 heteroatoms. The minimum absolute atomic E-state index is 0.0835. The fourth-order valence-corrected chi connectivity index (χ4v) is 2.60. The van der Waals surface area contributed by atoms with Crippen molar-refractivity contribution < 1.29 is 4.74 Å². The maximum Gasteiger partial charge on any atom is 0.124 e. The van der Waals surface area contributed by atoms with Crippen LogP contribution in [0.3, 0.4) is 0 Å².